The topological polar surface area (TPSA) is 93.1 Å². The van der Waals surface area contributed by atoms with Gasteiger partial charge in [-0.3, -0.25) is 0 Å². The first-order valence-corrected chi connectivity index (χ1v) is 6.63. The van der Waals surface area contributed by atoms with Crippen LogP contribution in [0, 0.1) is 0 Å². The van der Waals surface area contributed by atoms with Crippen molar-refractivity contribution in [3.05, 3.63) is 0 Å². The second-order valence-electron chi connectivity index (χ2n) is 4.84. The van der Waals surface area contributed by atoms with Crippen LogP contribution < -0.4 is 5.32 Å². The summed E-state index contributed by atoms with van der Waals surface area (Å²) in [6.07, 6.45) is 1.04. The van der Waals surface area contributed by atoms with Crippen molar-refractivity contribution in [2.24, 2.45) is 0 Å². The molecule has 0 aromatic heterocycles. The molecule has 0 unspecified atom stereocenters. The SMILES string of the molecule is CN(CCN1CCCC1)C(=O)NCC[C@H](O)C(=O)O. The van der Waals surface area contributed by atoms with E-state index in [-0.39, 0.29) is 19.0 Å². The molecule has 0 aromatic carbocycles. The first kappa shape index (κ1) is 15.7. The standard InChI is InChI=1S/C12H23N3O4/c1-14(8-9-15-6-2-3-7-15)12(19)13-5-4-10(16)11(17)18/h10,16H,2-9H2,1H3,(H,13,19)(H,17,18)/t10-/m0/s1. The van der Waals surface area contributed by atoms with Gasteiger partial charge in [-0.25, -0.2) is 9.59 Å². The molecule has 0 bridgehead atoms. The number of aliphatic hydroxyl groups is 1. The fourth-order valence-corrected chi connectivity index (χ4v) is 1.97. The molecule has 1 aliphatic heterocycles. The number of urea groups is 1. The summed E-state index contributed by atoms with van der Waals surface area (Å²) in [5.74, 6) is -1.27. The predicted octanol–water partition coefficient (Wildman–Crippen LogP) is -0.441. The van der Waals surface area contributed by atoms with E-state index in [4.69, 9.17) is 10.2 Å². The van der Waals surface area contributed by atoms with Gasteiger partial charge in [0.2, 0.25) is 0 Å². The summed E-state index contributed by atoms with van der Waals surface area (Å²) in [4.78, 5) is 25.9. The van der Waals surface area contributed by atoms with E-state index in [2.05, 4.69) is 10.2 Å². The van der Waals surface area contributed by atoms with Gasteiger partial charge in [-0.15, -0.1) is 0 Å². The third-order valence-corrected chi connectivity index (χ3v) is 3.28. The fraction of sp³-hybridized carbons (Fsp3) is 0.833. The lowest BCUT2D eigenvalue weighted by Crippen LogP contribution is -2.42. The molecule has 1 saturated heterocycles. The number of aliphatic carboxylic acids is 1. The lowest BCUT2D eigenvalue weighted by atomic mass is 10.2. The van der Waals surface area contributed by atoms with Crippen LogP contribution in [-0.4, -0.2) is 77.9 Å². The Morgan fingerprint density at radius 1 is 1.37 bits per heavy atom. The number of amides is 2. The summed E-state index contributed by atoms with van der Waals surface area (Å²) < 4.78 is 0. The van der Waals surface area contributed by atoms with Gasteiger partial charge in [0.25, 0.3) is 0 Å². The smallest absolute Gasteiger partial charge is 0.332 e. The van der Waals surface area contributed by atoms with Crippen LogP contribution >= 0.6 is 0 Å². The van der Waals surface area contributed by atoms with E-state index in [1.54, 1.807) is 11.9 Å². The van der Waals surface area contributed by atoms with Crippen LogP contribution in [0.4, 0.5) is 4.79 Å². The zero-order chi connectivity index (χ0) is 14.3. The minimum atomic E-state index is -1.42. The van der Waals surface area contributed by atoms with Gasteiger partial charge in [0.15, 0.2) is 6.10 Å². The fourth-order valence-electron chi connectivity index (χ4n) is 1.97. The molecule has 7 heteroatoms. The maximum atomic E-state index is 11.7. The summed E-state index contributed by atoms with van der Waals surface area (Å²) in [5.41, 5.74) is 0. The highest BCUT2D eigenvalue weighted by atomic mass is 16.4. The molecular formula is C12H23N3O4. The van der Waals surface area contributed by atoms with Gasteiger partial charge >= 0.3 is 12.0 Å². The number of likely N-dealkylation sites (N-methyl/N-ethyl adjacent to an activating group) is 1. The van der Waals surface area contributed by atoms with Crippen molar-refractivity contribution in [1.29, 1.82) is 0 Å². The number of hydrogen-bond donors (Lipinski definition) is 3. The highest BCUT2D eigenvalue weighted by molar-refractivity contribution is 5.74. The highest BCUT2D eigenvalue weighted by Gasteiger charge is 2.15. The number of likely N-dealkylation sites (tertiary alicyclic amines) is 1. The molecule has 1 heterocycles. The number of rotatable bonds is 7. The van der Waals surface area contributed by atoms with Crippen LogP contribution in [-0.2, 0) is 4.79 Å². The molecule has 0 aromatic rings. The summed E-state index contributed by atoms with van der Waals surface area (Å²) in [6.45, 7) is 3.86. The molecule has 3 N–H and O–H groups in total. The molecule has 7 nitrogen and oxygen atoms in total. The number of nitrogens with zero attached hydrogens (tertiary/aromatic N) is 2. The minimum Gasteiger partial charge on any atom is -0.479 e. The average molecular weight is 273 g/mol. The maximum Gasteiger partial charge on any atom is 0.332 e. The first-order valence-electron chi connectivity index (χ1n) is 6.63. The zero-order valence-electron chi connectivity index (χ0n) is 11.3. The Bertz CT molecular complexity index is 305. The molecule has 1 rings (SSSR count). The van der Waals surface area contributed by atoms with Crippen LogP contribution in [0.5, 0.6) is 0 Å². The normalized spacial score (nSPS) is 17.2. The van der Waals surface area contributed by atoms with E-state index in [1.165, 1.54) is 12.8 Å². The lowest BCUT2D eigenvalue weighted by molar-refractivity contribution is -0.146. The number of aliphatic hydroxyl groups excluding tert-OH is 1. The summed E-state index contributed by atoms with van der Waals surface area (Å²) in [7, 11) is 1.71. The van der Waals surface area contributed by atoms with Crippen molar-refractivity contribution < 1.29 is 19.8 Å². The second kappa shape index (κ2) is 7.96. The predicted molar refractivity (Wildman–Crippen MR) is 70.0 cm³/mol. The number of carboxylic acids is 1. The third kappa shape index (κ3) is 5.89. The molecule has 1 fully saturated rings. The molecule has 0 radical (unpaired) electrons. The maximum absolute atomic E-state index is 11.7. The molecule has 110 valence electrons. The Morgan fingerprint density at radius 3 is 2.58 bits per heavy atom. The monoisotopic (exact) mass is 273 g/mol. The average Bonchev–Trinajstić information content (AvgIpc) is 2.88. The number of hydrogen-bond acceptors (Lipinski definition) is 4. The molecule has 1 aliphatic rings. The van der Waals surface area contributed by atoms with Crippen molar-refractivity contribution in [2.75, 3.05) is 39.8 Å². The summed E-state index contributed by atoms with van der Waals surface area (Å²) in [5, 5.41) is 20.1. The van der Waals surface area contributed by atoms with Gasteiger partial charge in [0, 0.05) is 33.1 Å². The van der Waals surface area contributed by atoms with Crippen molar-refractivity contribution in [3.63, 3.8) is 0 Å². The number of carbonyl (C=O) groups excluding carboxylic acids is 1. The van der Waals surface area contributed by atoms with Gasteiger partial charge in [-0.1, -0.05) is 0 Å². The van der Waals surface area contributed by atoms with Crippen molar-refractivity contribution in [2.45, 2.75) is 25.4 Å². The Balaban J connectivity index is 2.12. The van der Waals surface area contributed by atoms with Gasteiger partial charge in [0.05, 0.1) is 0 Å². The molecule has 2 amide bonds. The van der Waals surface area contributed by atoms with E-state index in [1.807, 2.05) is 0 Å². The number of carboxylic acid groups (broad SMARTS) is 1. The molecule has 19 heavy (non-hydrogen) atoms. The Hall–Kier alpha value is -1.34. The zero-order valence-corrected chi connectivity index (χ0v) is 11.3. The highest BCUT2D eigenvalue weighted by Crippen LogP contribution is 2.06. The second-order valence-corrected chi connectivity index (χ2v) is 4.84. The van der Waals surface area contributed by atoms with Crippen LogP contribution in [0.3, 0.4) is 0 Å². The Labute approximate surface area is 113 Å². The van der Waals surface area contributed by atoms with E-state index in [0.717, 1.165) is 19.6 Å². The van der Waals surface area contributed by atoms with Crippen LogP contribution in [0.15, 0.2) is 0 Å². The van der Waals surface area contributed by atoms with Crippen molar-refractivity contribution >= 4 is 12.0 Å². The molecule has 1 atom stereocenters. The van der Waals surface area contributed by atoms with E-state index in [9.17, 15) is 9.59 Å². The third-order valence-electron chi connectivity index (χ3n) is 3.28. The number of nitrogens with one attached hydrogen (secondary N) is 1. The van der Waals surface area contributed by atoms with Crippen LogP contribution in [0.1, 0.15) is 19.3 Å². The summed E-state index contributed by atoms with van der Waals surface area (Å²) in [6, 6.07) is -0.239. The van der Waals surface area contributed by atoms with E-state index < -0.39 is 12.1 Å². The summed E-state index contributed by atoms with van der Waals surface area (Å²) >= 11 is 0. The molecule has 0 aliphatic carbocycles. The van der Waals surface area contributed by atoms with Gasteiger partial charge in [-0.2, -0.15) is 0 Å². The van der Waals surface area contributed by atoms with Crippen molar-refractivity contribution in [3.8, 4) is 0 Å². The van der Waals surface area contributed by atoms with Crippen LogP contribution in [0.2, 0.25) is 0 Å². The van der Waals surface area contributed by atoms with Crippen molar-refractivity contribution in [1.82, 2.24) is 15.1 Å². The van der Waals surface area contributed by atoms with Crippen LogP contribution in [0.25, 0.3) is 0 Å². The molecule has 0 saturated carbocycles. The van der Waals surface area contributed by atoms with Gasteiger partial charge in [-0.05, 0) is 25.9 Å². The quantitative estimate of drug-likeness (QED) is 0.585. The molecule has 0 spiro atoms. The van der Waals surface area contributed by atoms with Gasteiger partial charge in [0.1, 0.15) is 0 Å². The Morgan fingerprint density at radius 2 is 2.00 bits per heavy atom. The number of carbonyl (C=O) groups is 2. The lowest BCUT2D eigenvalue weighted by Gasteiger charge is -2.22. The Kier molecular flexibility index (Phi) is 6.58. The first-order chi connectivity index (χ1) is 9.00. The largest absolute Gasteiger partial charge is 0.479 e. The van der Waals surface area contributed by atoms with E-state index in [0.29, 0.717) is 6.54 Å². The van der Waals surface area contributed by atoms with E-state index >= 15 is 0 Å². The van der Waals surface area contributed by atoms with Gasteiger partial charge < -0.3 is 25.3 Å². The molecular weight excluding hydrogens is 250 g/mol. The minimum absolute atomic E-state index is 0.0149.